The van der Waals surface area contributed by atoms with Crippen LogP contribution in [0.25, 0.3) is 10.6 Å². The molecule has 6 heteroatoms. The summed E-state index contributed by atoms with van der Waals surface area (Å²) in [5.74, 6) is -1.28. The van der Waals surface area contributed by atoms with E-state index in [2.05, 4.69) is 4.98 Å². The monoisotopic (exact) mass is 399 g/mol. The normalized spacial score (nSPS) is 21.9. The second-order valence-electron chi connectivity index (χ2n) is 6.85. The minimum absolute atomic E-state index is 0.143. The molecule has 144 valence electrons. The molecule has 1 unspecified atom stereocenters. The topological polar surface area (TPSA) is 39.2 Å². The molecule has 0 radical (unpaired) electrons. The van der Waals surface area contributed by atoms with Crippen molar-refractivity contribution in [2.75, 3.05) is 6.61 Å². The SMILES string of the molecule is CCOC(=O)C(F)[C@]1(c2ccccc2)C[C@@H]1c1cnc(-c2ccc(F)cc2)s1. The average molecular weight is 399 g/mol. The predicted octanol–water partition coefficient (Wildman–Crippen LogP) is 5.28. The van der Waals surface area contributed by atoms with Gasteiger partial charge in [0.1, 0.15) is 10.8 Å². The van der Waals surface area contributed by atoms with Crippen molar-refractivity contribution in [2.24, 2.45) is 0 Å². The van der Waals surface area contributed by atoms with Gasteiger partial charge in [-0.1, -0.05) is 30.3 Å². The molecule has 28 heavy (non-hydrogen) atoms. The van der Waals surface area contributed by atoms with E-state index in [1.54, 1.807) is 25.3 Å². The molecule has 0 N–H and O–H groups in total. The molecule has 2 aromatic carbocycles. The first-order valence-electron chi connectivity index (χ1n) is 9.14. The van der Waals surface area contributed by atoms with Crippen molar-refractivity contribution in [2.45, 2.75) is 30.8 Å². The molecule has 1 aliphatic rings. The summed E-state index contributed by atoms with van der Waals surface area (Å²) < 4.78 is 33.4. The van der Waals surface area contributed by atoms with Crippen LogP contribution in [0.2, 0.25) is 0 Å². The first-order valence-corrected chi connectivity index (χ1v) is 9.96. The summed E-state index contributed by atoms with van der Waals surface area (Å²) >= 11 is 1.45. The van der Waals surface area contributed by atoms with Crippen LogP contribution in [0.3, 0.4) is 0 Å². The van der Waals surface area contributed by atoms with Gasteiger partial charge in [0.2, 0.25) is 6.17 Å². The molecule has 3 nitrogen and oxygen atoms in total. The number of thiazole rings is 1. The van der Waals surface area contributed by atoms with Crippen LogP contribution in [0.15, 0.2) is 60.8 Å². The summed E-state index contributed by atoms with van der Waals surface area (Å²) in [6, 6.07) is 15.4. The first kappa shape index (κ1) is 18.7. The van der Waals surface area contributed by atoms with Gasteiger partial charge in [0.05, 0.1) is 6.61 Å². The van der Waals surface area contributed by atoms with Crippen LogP contribution >= 0.6 is 11.3 Å². The van der Waals surface area contributed by atoms with E-state index in [1.165, 1.54) is 23.5 Å². The molecule has 3 aromatic rings. The number of carbonyl (C=O) groups excluding carboxylic acids is 1. The Labute approximate surface area is 166 Å². The van der Waals surface area contributed by atoms with Crippen LogP contribution in [0.1, 0.15) is 29.7 Å². The van der Waals surface area contributed by atoms with E-state index >= 15 is 4.39 Å². The number of hydrogen-bond acceptors (Lipinski definition) is 4. The highest BCUT2D eigenvalue weighted by Gasteiger charge is 2.64. The Bertz CT molecular complexity index is 974. The smallest absolute Gasteiger partial charge is 0.341 e. The summed E-state index contributed by atoms with van der Waals surface area (Å²) in [6.45, 7) is 1.81. The molecule has 0 aliphatic heterocycles. The van der Waals surface area contributed by atoms with Gasteiger partial charge in [-0.15, -0.1) is 11.3 Å². The molecule has 1 aliphatic carbocycles. The van der Waals surface area contributed by atoms with Gasteiger partial charge in [-0.3, -0.25) is 0 Å². The Morgan fingerprint density at radius 2 is 1.96 bits per heavy atom. The molecule has 1 fully saturated rings. The molecular formula is C22H19F2NO2S. The van der Waals surface area contributed by atoms with Gasteiger partial charge in [-0.2, -0.15) is 0 Å². The number of aromatic nitrogens is 1. The number of rotatable bonds is 6. The number of ether oxygens (including phenoxy) is 1. The molecule has 4 rings (SSSR count). The van der Waals surface area contributed by atoms with Gasteiger partial charge in [-0.25, -0.2) is 18.6 Å². The Kier molecular flexibility index (Phi) is 4.98. The average Bonchev–Trinajstić information content (AvgIpc) is 3.29. The van der Waals surface area contributed by atoms with Crippen molar-refractivity contribution in [3.8, 4) is 10.6 Å². The van der Waals surface area contributed by atoms with Crippen LogP contribution < -0.4 is 0 Å². The number of hydrogen-bond donors (Lipinski definition) is 0. The highest BCUT2D eigenvalue weighted by molar-refractivity contribution is 7.15. The Morgan fingerprint density at radius 1 is 1.25 bits per heavy atom. The molecule has 1 aromatic heterocycles. The number of esters is 1. The second kappa shape index (κ2) is 7.43. The van der Waals surface area contributed by atoms with Crippen molar-refractivity contribution in [1.29, 1.82) is 0 Å². The van der Waals surface area contributed by atoms with E-state index in [0.29, 0.717) is 6.42 Å². The maximum absolute atomic E-state index is 15.3. The van der Waals surface area contributed by atoms with Gasteiger partial charge in [0.25, 0.3) is 0 Å². The summed E-state index contributed by atoms with van der Waals surface area (Å²) in [6.07, 6.45) is 0.509. The fraction of sp³-hybridized carbons (Fsp3) is 0.273. The lowest BCUT2D eigenvalue weighted by atomic mass is 9.88. The van der Waals surface area contributed by atoms with Crippen LogP contribution in [0.4, 0.5) is 8.78 Å². The number of alkyl halides is 1. The molecule has 1 saturated carbocycles. The number of halogens is 2. The molecule has 0 amide bonds. The maximum atomic E-state index is 15.3. The van der Waals surface area contributed by atoms with Crippen molar-refractivity contribution >= 4 is 17.3 Å². The zero-order chi connectivity index (χ0) is 19.7. The third-order valence-electron chi connectivity index (χ3n) is 5.22. The van der Waals surface area contributed by atoms with E-state index in [-0.39, 0.29) is 18.3 Å². The lowest BCUT2D eigenvalue weighted by molar-refractivity contribution is -0.150. The minimum Gasteiger partial charge on any atom is -0.464 e. The van der Waals surface area contributed by atoms with Gasteiger partial charge in [0, 0.05) is 28.0 Å². The first-order chi connectivity index (χ1) is 13.6. The quantitative estimate of drug-likeness (QED) is 0.530. The van der Waals surface area contributed by atoms with Crippen LogP contribution in [0.5, 0.6) is 0 Å². The van der Waals surface area contributed by atoms with Crippen molar-refractivity contribution in [1.82, 2.24) is 4.98 Å². The zero-order valence-corrected chi connectivity index (χ0v) is 16.1. The van der Waals surface area contributed by atoms with Crippen molar-refractivity contribution in [3.05, 3.63) is 77.1 Å². The Hall–Kier alpha value is -2.60. The zero-order valence-electron chi connectivity index (χ0n) is 15.3. The third-order valence-corrected chi connectivity index (χ3v) is 6.38. The van der Waals surface area contributed by atoms with Crippen LogP contribution in [-0.2, 0) is 14.9 Å². The largest absolute Gasteiger partial charge is 0.464 e. The Morgan fingerprint density at radius 3 is 2.64 bits per heavy atom. The molecular weight excluding hydrogens is 380 g/mol. The fourth-order valence-corrected chi connectivity index (χ4v) is 4.85. The van der Waals surface area contributed by atoms with Gasteiger partial charge >= 0.3 is 5.97 Å². The van der Waals surface area contributed by atoms with E-state index in [9.17, 15) is 9.18 Å². The maximum Gasteiger partial charge on any atom is 0.341 e. The fourth-order valence-electron chi connectivity index (χ4n) is 3.73. The number of benzene rings is 2. The second-order valence-corrected chi connectivity index (χ2v) is 7.91. The highest BCUT2D eigenvalue weighted by Crippen LogP contribution is 2.64. The number of nitrogens with zero attached hydrogens (tertiary/aromatic N) is 1. The highest BCUT2D eigenvalue weighted by atomic mass is 32.1. The molecule has 1 heterocycles. The van der Waals surface area contributed by atoms with Gasteiger partial charge in [-0.05, 0) is 43.2 Å². The van der Waals surface area contributed by atoms with E-state index in [0.717, 1.165) is 21.0 Å². The molecule has 0 bridgehead atoms. The van der Waals surface area contributed by atoms with Crippen LogP contribution in [0, 0.1) is 5.82 Å². The summed E-state index contributed by atoms with van der Waals surface area (Å²) in [5, 5.41) is 0.746. The van der Waals surface area contributed by atoms with E-state index in [4.69, 9.17) is 4.74 Å². The summed E-state index contributed by atoms with van der Waals surface area (Å²) in [5.41, 5.74) is 0.670. The van der Waals surface area contributed by atoms with E-state index < -0.39 is 17.6 Å². The third kappa shape index (κ3) is 3.22. The minimum atomic E-state index is -1.74. The number of carbonyl (C=O) groups is 1. The van der Waals surface area contributed by atoms with Crippen LogP contribution in [-0.4, -0.2) is 23.7 Å². The molecule has 0 spiro atoms. The van der Waals surface area contributed by atoms with Gasteiger partial charge < -0.3 is 4.74 Å². The Balaban J connectivity index is 1.66. The summed E-state index contributed by atoms with van der Waals surface area (Å²) in [4.78, 5) is 17.5. The standard InChI is InChI=1S/C22H19F2NO2S/c1-2-27-21(26)19(24)22(15-6-4-3-5-7-15)12-17(22)18-13-25-20(28-18)14-8-10-16(23)11-9-14/h3-11,13,17,19H,2,12H2,1H3/t17-,19?,22+/m1/s1. The molecule has 0 saturated heterocycles. The van der Waals surface area contributed by atoms with Crippen molar-refractivity contribution < 1.29 is 18.3 Å². The summed E-state index contributed by atoms with van der Waals surface area (Å²) in [7, 11) is 0. The lowest BCUT2D eigenvalue weighted by Crippen LogP contribution is -2.33. The van der Waals surface area contributed by atoms with E-state index in [1.807, 2.05) is 30.3 Å². The molecule has 3 atom stereocenters. The van der Waals surface area contributed by atoms with Crippen molar-refractivity contribution in [3.63, 3.8) is 0 Å². The lowest BCUT2D eigenvalue weighted by Gasteiger charge is -2.21. The van der Waals surface area contributed by atoms with Gasteiger partial charge in [0.15, 0.2) is 0 Å². The predicted molar refractivity (Wildman–Crippen MR) is 105 cm³/mol.